The Morgan fingerprint density at radius 2 is 1.83 bits per heavy atom. The Morgan fingerprint density at radius 3 is 2.54 bits per heavy atom. The highest BCUT2D eigenvalue weighted by molar-refractivity contribution is 7.17. The molecule has 0 saturated carbocycles. The molecule has 5 rings (SSSR count). The molecule has 35 heavy (non-hydrogen) atoms. The third-order valence-corrected chi connectivity index (χ3v) is 8.05. The largest absolute Gasteiger partial charge is 0.503 e. The lowest BCUT2D eigenvalue weighted by Gasteiger charge is -2.26. The highest BCUT2D eigenvalue weighted by atomic mass is 32.1. The van der Waals surface area contributed by atoms with E-state index < -0.39 is 17.7 Å². The van der Waals surface area contributed by atoms with Gasteiger partial charge in [-0.15, -0.1) is 22.7 Å². The van der Waals surface area contributed by atoms with Crippen molar-refractivity contribution < 1.29 is 19.4 Å². The fraction of sp³-hybridized carbons (Fsp3) is 0.148. The van der Waals surface area contributed by atoms with Gasteiger partial charge in [-0.05, 0) is 24.4 Å². The minimum atomic E-state index is -0.707. The number of Topliss-reactive ketones (excluding diaryl/α,β-unsaturated/α-hetero) is 1. The van der Waals surface area contributed by atoms with E-state index in [9.17, 15) is 14.7 Å². The number of methoxy groups -OCH3 is 1. The van der Waals surface area contributed by atoms with Crippen molar-refractivity contribution in [3.8, 4) is 16.3 Å². The van der Waals surface area contributed by atoms with E-state index in [1.807, 2.05) is 72.1 Å². The number of ether oxygens (including phenoxy) is 1. The summed E-state index contributed by atoms with van der Waals surface area (Å²) in [5.41, 5.74) is 2.35. The quantitative estimate of drug-likeness (QED) is 0.315. The molecule has 8 heteroatoms. The molecule has 0 spiro atoms. The van der Waals surface area contributed by atoms with Crippen molar-refractivity contribution in [3.05, 3.63) is 104 Å². The number of amides is 1. The summed E-state index contributed by atoms with van der Waals surface area (Å²) in [6.45, 7) is 1.96. The van der Waals surface area contributed by atoms with Crippen molar-refractivity contribution in [3.63, 3.8) is 0 Å². The third kappa shape index (κ3) is 4.15. The summed E-state index contributed by atoms with van der Waals surface area (Å²) >= 11 is 2.71. The number of thiazole rings is 1. The van der Waals surface area contributed by atoms with Crippen LogP contribution in [0.2, 0.25) is 0 Å². The van der Waals surface area contributed by atoms with Gasteiger partial charge in [0.2, 0.25) is 5.78 Å². The van der Waals surface area contributed by atoms with Gasteiger partial charge < -0.3 is 14.7 Å². The first-order chi connectivity index (χ1) is 17.0. The summed E-state index contributed by atoms with van der Waals surface area (Å²) in [6, 6.07) is 20.1. The number of thiophene rings is 1. The molecule has 1 amide bonds. The topological polar surface area (TPSA) is 79.7 Å². The highest BCUT2D eigenvalue weighted by Gasteiger charge is 2.45. The molecule has 1 atom stereocenters. The molecule has 0 fully saturated rings. The monoisotopic (exact) mass is 502 g/mol. The van der Waals surface area contributed by atoms with Gasteiger partial charge in [0.05, 0.1) is 29.8 Å². The van der Waals surface area contributed by atoms with E-state index in [4.69, 9.17) is 4.74 Å². The van der Waals surface area contributed by atoms with Gasteiger partial charge in [-0.1, -0.05) is 54.6 Å². The number of para-hydroxylation sites is 1. The maximum Gasteiger partial charge on any atom is 0.290 e. The van der Waals surface area contributed by atoms with E-state index in [0.29, 0.717) is 16.3 Å². The predicted octanol–water partition coefficient (Wildman–Crippen LogP) is 5.97. The van der Waals surface area contributed by atoms with Crippen molar-refractivity contribution in [2.24, 2.45) is 0 Å². The van der Waals surface area contributed by atoms with Crippen LogP contribution in [0.4, 0.5) is 0 Å². The average Bonchev–Trinajstić information content (AvgIpc) is 3.60. The first-order valence-electron chi connectivity index (χ1n) is 11.0. The second-order valence-electron chi connectivity index (χ2n) is 8.05. The number of rotatable bonds is 7. The number of ketones is 1. The molecule has 1 aliphatic heterocycles. The number of aromatic nitrogens is 1. The molecular weight excluding hydrogens is 480 g/mol. The zero-order valence-electron chi connectivity index (χ0n) is 19.1. The zero-order chi connectivity index (χ0) is 24.5. The van der Waals surface area contributed by atoms with Crippen LogP contribution in [0.1, 0.15) is 31.8 Å². The Balaban J connectivity index is 1.56. The van der Waals surface area contributed by atoms with Crippen LogP contribution in [0.15, 0.2) is 83.4 Å². The molecule has 0 radical (unpaired) electrons. The van der Waals surface area contributed by atoms with Crippen LogP contribution in [-0.2, 0) is 11.3 Å². The normalized spacial score (nSPS) is 15.7. The van der Waals surface area contributed by atoms with Gasteiger partial charge >= 0.3 is 0 Å². The number of carbonyl (C=O) groups is 2. The summed E-state index contributed by atoms with van der Waals surface area (Å²) in [5, 5.41) is 13.6. The number of hydrogen-bond donors (Lipinski definition) is 1. The van der Waals surface area contributed by atoms with Crippen molar-refractivity contribution in [2.45, 2.75) is 19.5 Å². The molecule has 1 unspecified atom stereocenters. The SMILES string of the molecule is COc1ccccc1CN1C(=O)C(O)=C(C(=O)c2sc(-c3ccccc3)nc2C)C1c1cccs1. The number of nitrogens with zero attached hydrogens (tertiary/aromatic N) is 2. The standard InChI is InChI=1S/C27H22N2O4S2/c1-16-25(35-26(28-16)17-9-4-3-5-10-17)23(30)21-22(20-13-8-14-34-20)29(27(32)24(21)31)15-18-11-6-7-12-19(18)33-2/h3-14,22,31H,15H2,1-2H3. The molecule has 0 saturated heterocycles. The number of aryl methyl sites for hydroxylation is 1. The molecular formula is C27H22N2O4S2. The Bertz CT molecular complexity index is 1420. The van der Waals surface area contributed by atoms with Gasteiger partial charge in [0.15, 0.2) is 5.76 Å². The molecule has 6 nitrogen and oxygen atoms in total. The summed E-state index contributed by atoms with van der Waals surface area (Å²) in [5.74, 6) is -0.843. The van der Waals surface area contributed by atoms with Crippen LogP contribution in [0.25, 0.3) is 10.6 Å². The zero-order valence-corrected chi connectivity index (χ0v) is 20.7. The van der Waals surface area contributed by atoms with Gasteiger partial charge in [0.1, 0.15) is 16.8 Å². The van der Waals surface area contributed by atoms with E-state index in [1.165, 1.54) is 27.6 Å². The maximum absolute atomic E-state index is 13.8. The number of hydrogen-bond acceptors (Lipinski definition) is 7. The Labute approximate surface area is 210 Å². The molecule has 1 aliphatic rings. The highest BCUT2D eigenvalue weighted by Crippen LogP contribution is 2.43. The Kier molecular flexibility index (Phi) is 6.23. The Hall–Kier alpha value is -3.75. The van der Waals surface area contributed by atoms with E-state index in [1.54, 1.807) is 14.0 Å². The Morgan fingerprint density at radius 1 is 1.09 bits per heavy atom. The second kappa shape index (κ2) is 9.48. The lowest BCUT2D eigenvalue weighted by molar-refractivity contribution is -0.130. The summed E-state index contributed by atoms with van der Waals surface area (Å²) in [6.07, 6.45) is 0. The molecule has 0 aliphatic carbocycles. The van der Waals surface area contributed by atoms with Crippen molar-refractivity contribution in [1.82, 2.24) is 9.88 Å². The van der Waals surface area contributed by atoms with Gasteiger partial charge in [-0.25, -0.2) is 4.98 Å². The second-order valence-corrected chi connectivity index (χ2v) is 10.0. The lowest BCUT2D eigenvalue weighted by atomic mass is 10.00. The van der Waals surface area contributed by atoms with E-state index in [0.717, 1.165) is 21.0 Å². The number of benzene rings is 2. The van der Waals surface area contributed by atoms with Crippen LogP contribution in [0.3, 0.4) is 0 Å². The van der Waals surface area contributed by atoms with Crippen molar-refractivity contribution >= 4 is 34.4 Å². The molecule has 2 aromatic heterocycles. The van der Waals surface area contributed by atoms with Crippen LogP contribution in [0.5, 0.6) is 5.75 Å². The molecule has 1 N–H and O–H groups in total. The van der Waals surface area contributed by atoms with Crippen molar-refractivity contribution in [2.75, 3.05) is 7.11 Å². The fourth-order valence-electron chi connectivity index (χ4n) is 4.24. The molecule has 0 bridgehead atoms. The minimum absolute atomic E-state index is 0.0821. The predicted molar refractivity (Wildman–Crippen MR) is 137 cm³/mol. The first-order valence-corrected chi connectivity index (χ1v) is 12.7. The molecule has 4 aromatic rings. The van der Waals surface area contributed by atoms with E-state index >= 15 is 0 Å². The van der Waals surface area contributed by atoms with Crippen LogP contribution < -0.4 is 4.74 Å². The van der Waals surface area contributed by atoms with Crippen molar-refractivity contribution in [1.29, 1.82) is 0 Å². The van der Waals surface area contributed by atoms with E-state index in [-0.39, 0.29) is 17.9 Å². The van der Waals surface area contributed by atoms with Gasteiger partial charge in [0, 0.05) is 16.0 Å². The molecule has 176 valence electrons. The first kappa shape index (κ1) is 23.0. The number of aliphatic hydroxyl groups is 1. The van der Waals surface area contributed by atoms with Crippen LogP contribution >= 0.6 is 22.7 Å². The average molecular weight is 503 g/mol. The summed E-state index contributed by atoms with van der Waals surface area (Å²) in [4.78, 5) is 34.5. The van der Waals surface area contributed by atoms with Crippen LogP contribution in [-0.4, -0.2) is 33.8 Å². The summed E-state index contributed by atoms with van der Waals surface area (Å²) in [7, 11) is 1.57. The van der Waals surface area contributed by atoms with Gasteiger partial charge in [0.25, 0.3) is 5.91 Å². The third-order valence-electron chi connectivity index (χ3n) is 5.92. The van der Waals surface area contributed by atoms with Gasteiger partial charge in [-0.3, -0.25) is 9.59 Å². The molecule has 2 aromatic carbocycles. The lowest BCUT2D eigenvalue weighted by Crippen LogP contribution is -2.30. The number of aliphatic hydroxyl groups excluding tert-OH is 1. The maximum atomic E-state index is 13.8. The smallest absolute Gasteiger partial charge is 0.290 e. The minimum Gasteiger partial charge on any atom is -0.503 e. The number of carbonyl (C=O) groups excluding carboxylic acids is 2. The van der Waals surface area contributed by atoms with E-state index in [2.05, 4.69) is 4.98 Å². The molecule has 3 heterocycles. The van der Waals surface area contributed by atoms with Gasteiger partial charge in [-0.2, -0.15) is 0 Å². The summed E-state index contributed by atoms with van der Waals surface area (Å²) < 4.78 is 5.46. The van der Waals surface area contributed by atoms with Crippen LogP contribution in [0, 0.1) is 6.92 Å². The fourth-order valence-corrected chi connectivity index (χ4v) is 6.11.